The van der Waals surface area contributed by atoms with Crippen molar-refractivity contribution < 1.29 is 18.4 Å². The average Bonchev–Trinajstić information content (AvgIpc) is 3.40. The van der Waals surface area contributed by atoms with Crippen LogP contribution in [0.4, 0.5) is 0 Å². The van der Waals surface area contributed by atoms with Crippen LogP contribution in [0.15, 0.2) is 45.8 Å². The monoisotopic (exact) mass is 368 g/mol. The fourth-order valence-corrected chi connectivity index (χ4v) is 3.27. The van der Waals surface area contributed by atoms with Gasteiger partial charge in [-0.2, -0.15) is 0 Å². The molecule has 0 saturated heterocycles. The number of carbonyl (C=O) groups excluding carboxylic acids is 2. The lowest BCUT2D eigenvalue weighted by molar-refractivity contribution is 0.0604. The lowest BCUT2D eigenvalue weighted by Gasteiger charge is -2.33. The van der Waals surface area contributed by atoms with E-state index in [2.05, 4.69) is 10.3 Å². The molecule has 0 spiro atoms. The highest BCUT2D eigenvalue weighted by molar-refractivity contribution is 5.93. The maximum absolute atomic E-state index is 12.8. The Labute approximate surface area is 155 Å². The first kappa shape index (κ1) is 17.1. The molecule has 2 amide bonds. The van der Waals surface area contributed by atoms with E-state index in [9.17, 15) is 9.59 Å². The van der Waals surface area contributed by atoms with Crippen LogP contribution in [0.2, 0.25) is 0 Å². The quantitative estimate of drug-likeness (QED) is 0.764. The number of carbonyl (C=O) groups is 2. The molecule has 0 unspecified atom stereocenters. The van der Waals surface area contributed by atoms with Crippen LogP contribution in [0.5, 0.6) is 0 Å². The molecule has 1 aliphatic heterocycles. The SMILES string of the molecule is Cc1ccoc1C(=O)N1CCn2cc(C(=O)NCc3ccco3)nc2[C@@H]1C. The molecule has 3 aromatic heterocycles. The van der Waals surface area contributed by atoms with Crippen LogP contribution in [-0.2, 0) is 13.1 Å². The van der Waals surface area contributed by atoms with Gasteiger partial charge >= 0.3 is 0 Å². The van der Waals surface area contributed by atoms with E-state index in [-0.39, 0.29) is 17.9 Å². The van der Waals surface area contributed by atoms with Gasteiger partial charge < -0.3 is 23.6 Å². The van der Waals surface area contributed by atoms with E-state index in [1.54, 1.807) is 35.6 Å². The van der Waals surface area contributed by atoms with Gasteiger partial charge in [-0.25, -0.2) is 4.98 Å². The molecule has 4 heterocycles. The number of rotatable bonds is 4. The number of hydrogen-bond acceptors (Lipinski definition) is 5. The summed E-state index contributed by atoms with van der Waals surface area (Å²) in [5, 5.41) is 2.79. The van der Waals surface area contributed by atoms with Crippen molar-refractivity contribution in [3.8, 4) is 0 Å². The number of aromatic nitrogens is 2. The number of fused-ring (bicyclic) bond motifs is 1. The standard InChI is InChI=1S/C19H20N4O4/c1-12-5-9-27-16(12)19(25)23-7-6-22-11-15(21-17(22)13(23)2)18(24)20-10-14-4-3-8-26-14/h3-5,8-9,11,13H,6-7,10H2,1-2H3,(H,20,24)/t13-/m0/s1. The van der Waals surface area contributed by atoms with E-state index in [0.29, 0.717) is 42.7 Å². The summed E-state index contributed by atoms with van der Waals surface area (Å²) in [6.07, 6.45) is 4.80. The van der Waals surface area contributed by atoms with Crippen LogP contribution >= 0.6 is 0 Å². The number of nitrogens with one attached hydrogen (secondary N) is 1. The van der Waals surface area contributed by atoms with Crippen molar-refractivity contribution in [1.82, 2.24) is 19.8 Å². The summed E-state index contributed by atoms with van der Waals surface area (Å²) in [5.41, 5.74) is 1.13. The molecular weight excluding hydrogens is 348 g/mol. The van der Waals surface area contributed by atoms with Gasteiger partial charge in [0.15, 0.2) is 5.76 Å². The second kappa shape index (κ2) is 6.79. The molecule has 8 heteroatoms. The smallest absolute Gasteiger partial charge is 0.290 e. The van der Waals surface area contributed by atoms with Gasteiger partial charge in [-0.05, 0) is 32.0 Å². The molecular formula is C19H20N4O4. The first-order valence-electron chi connectivity index (χ1n) is 8.77. The van der Waals surface area contributed by atoms with E-state index in [0.717, 1.165) is 5.56 Å². The Hall–Kier alpha value is -3.29. The highest BCUT2D eigenvalue weighted by Gasteiger charge is 2.32. The topological polar surface area (TPSA) is 93.5 Å². The largest absolute Gasteiger partial charge is 0.467 e. The summed E-state index contributed by atoms with van der Waals surface area (Å²) in [4.78, 5) is 31.4. The van der Waals surface area contributed by atoms with Gasteiger partial charge in [0.1, 0.15) is 17.3 Å². The van der Waals surface area contributed by atoms with Crippen molar-refractivity contribution >= 4 is 11.8 Å². The summed E-state index contributed by atoms with van der Waals surface area (Å²) in [5.74, 6) is 1.26. The minimum atomic E-state index is -0.278. The molecule has 1 N–H and O–H groups in total. The van der Waals surface area contributed by atoms with E-state index < -0.39 is 0 Å². The molecule has 27 heavy (non-hydrogen) atoms. The highest BCUT2D eigenvalue weighted by Crippen LogP contribution is 2.27. The van der Waals surface area contributed by atoms with Gasteiger partial charge in [-0.3, -0.25) is 9.59 Å². The molecule has 140 valence electrons. The molecule has 4 rings (SSSR count). The van der Waals surface area contributed by atoms with Gasteiger partial charge in [0.25, 0.3) is 11.8 Å². The van der Waals surface area contributed by atoms with Gasteiger partial charge in [0, 0.05) is 24.8 Å². The van der Waals surface area contributed by atoms with Crippen LogP contribution in [0.25, 0.3) is 0 Å². The summed E-state index contributed by atoms with van der Waals surface area (Å²) < 4.78 is 12.5. The fraction of sp³-hybridized carbons (Fsp3) is 0.316. The predicted molar refractivity (Wildman–Crippen MR) is 95.0 cm³/mol. The molecule has 1 atom stereocenters. The Balaban J connectivity index is 1.50. The Morgan fingerprint density at radius 2 is 2.11 bits per heavy atom. The van der Waals surface area contributed by atoms with Crippen LogP contribution in [0.3, 0.4) is 0 Å². The molecule has 0 aromatic carbocycles. The van der Waals surface area contributed by atoms with Crippen molar-refractivity contribution in [3.05, 3.63) is 65.5 Å². The number of nitrogens with zero attached hydrogens (tertiary/aromatic N) is 3. The predicted octanol–water partition coefficient (Wildman–Crippen LogP) is 2.52. The van der Waals surface area contributed by atoms with Crippen molar-refractivity contribution in [2.45, 2.75) is 33.0 Å². The Morgan fingerprint density at radius 1 is 1.26 bits per heavy atom. The average molecular weight is 368 g/mol. The third-order valence-electron chi connectivity index (χ3n) is 4.78. The molecule has 1 aliphatic rings. The van der Waals surface area contributed by atoms with Gasteiger partial charge in [-0.1, -0.05) is 0 Å². The second-order valence-corrected chi connectivity index (χ2v) is 6.55. The lowest BCUT2D eigenvalue weighted by atomic mass is 10.1. The number of amides is 2. The van der Waals surface area contributed by atoms with Crippen LogP contribution < -0.4 is 5.32 Å². The first-order valence-corrected chi connectivity index (χ1v) is 8.77. The first-order chi connectivity index (χ1) is 13.0. The molecule has 3 aromatic rings. The minimum absolute atomic E-state index is 0.164. The summed E-state index contributed by atoms with van der Waals surface area (Å²) >= 11 is 0. The van der Waals surface area contributed by atoms with Crippen LogP contribution in [0, 0.1) is 6.92 Å². The molecule has 0 bridgehead atoms. The Bertz CT molecular complexity index is 970. The number of hydrogen-bond donors (Lipinski definition) is 1. The molecule has 0 fully saturated rings. The fourth-order valence-electron chi connectivity index (χ4n) is 3.27. The van der Waals surface area contributed by atoms with Crippen molar-refractivity contribution in [1.29, 1.82) is 0 Å². The van der Waals surface area contributed by atoms with E-state index in [1.165, 1.54) is 6.26 Å². The van der Waals surface area contributed by atoms with Gasteiger partial charge in [-0.15, -0.1) is 0 Å². The van der Waals surface area contributed by atoms with E-state index >= 15 is 0 Å². The second-order valence-electron chi connectivity index (χ2n) is 6.55. The third kappa shape index (κ3) is 3.14. The summed E-state index contributed by atoms with van der Waals surface area (Å²) in [7, 11) is 0. The zero-order valence-electron chi connectivity index (χ0n) is 15.1. The number of imidazole rings is 1. The van der Waals surface area contributed by atoms with Crippen molar-refractivity contribution in [2.24, 2.45) is 0 Å². The summed E-state index contributed by atoms with van der Waals surface area (Å²) in [6.45, 7) is 5.14. The molecule has 8 nitrogen and oxygen atoms in total. The summed E-state index contributed by atoms with van der Waals surface area (Å²) in [6, 6.07) is 5.07. The highest BCUT2D eigenvalue weighted by atomic mass is 16.3. The van der Waals surface area contributed by atoms with Gasteiger partial charge in [0.2, 0.25) is 0 Å². The van der Waals surface area contributed by atoms with Crippen molar-refractivity contribution in [3.63, 3.8) is 0 Å². The molecule has 0 saturated carbocycles. The molecule has 0 radical (unpaired) electrons. The lowest BCUT2D eigenvalue weighted by Crippen LogP contribution is -2.41. The van der Waals surface area contributed by atoms with Crippen LogP contribution in [0.1, 0.15) is 51.2 Å². The van der Waals surface area contributed by atoms with Crippen molar-refractivity contribution in [2.75, 3.05) is 6.54 Å². The maximum atomic E-state index is 12.8. The Morgan fingerprint density at radius 3 is 2.81 bits per heavy atom. The number of aryl methyl sites for hydroxylation is 1. The minimum Gasteiger partial charge on any atom is -0.467 e. The van der Waals surface area contributed by atoms with E-state index in [4.69, 9.17) is 8.83 Å². The normalized spacial score (nSPS) is 16.2. The Kier molecular flexibility index (Phi) is 4.31. The maximum Gasteiger partial charge on any atom is 0.290 e. The van der Waals surface area contributed by atoms with Gasteiger partial charge in [0.05, 0.1) is 25.1 Å². The third-order valence-corrected chi connectivity index (χ3v) is 4.78. The van der Waals surface area contributed by atoms with E-state index in [1.807, 2.05) is 18.4 Å². The molecule has 0 aliphatic carbocycles. The zero-order valence-corrected chi connectivity index (χ0v) is 15.1. The zero-order chi connectivity index (χ0) is 19.0. The van der Waals surface area contributed by atoms with Crippen LogP contribution in [-0.4, -0.2) is 32.8 Å². The number of furan rings is 2.